The third-order valence-corrected chi connectivity index (χ3v) is 3.42. The third kappa shape index (κ3) is 3.19. The zero-order valence-electron chi connectivity index (χ0n) is 10.2. The van der Waals surface area contributed by atoms with E-state index in [0.717, 1.165) is 25.6 Å². The Labute approximate surface area is 97.0 Å². The largest absolute Gasteiger partial charge is 0.481 e. The molecule has 0 aromatic carbocycles. The van der Waals surface area contributed by atoms with Gasteiger partial charge in [-0.1, -0.05) is 0 Å². The number of rotatable bonds is 4. The van der Waals surface area contributed by atoms with Crippen molar-refractivity contribution in [3.63, 3.8) is 0 Å². The fourth-order valence-electron chi connectivity index (χ4n) is 2.68. The van der Waals surface area contributed by atoms with Gasteiger partial charge >= 0.3 is 5.97 Å². The lowest BCUT2D eigenvalue weighted by atomic mass is 9.96. The number of piperazine rings is 1. The number of nitrogens with one attached hydrogen (secondary N) is 1. The highest BCUT2D eigenvalue weighted by molar-refractivity contribution is 5.66. The molecule has 1 aliphatic heterocycles. The molecule has 1 unspecified atom stereocenters. The maximum Gasteiger partial charge on any atom is 0.303 e. The van der Waals surface area contributed by atoms with Gasteiger partial charge in [0.15, 0.2) is 0 Å². The van der Waals surface area contributed by atoms with Crippen molar-refractivity contribution in [2.45, 2.75) is 57.2 Å². The number of hydrogen-bond acceptors (Lipinski definition) is 3. The summed E-state index contributed by atoms with van der Waals surface area (Å²) in [6, 6.07) is 1.11. The summed E-state index contributed by atoms with van der Waals surface area (Å²) in [5, 5.41) is 12.3. The van der Waals surface area contributed by atoms with Crippen molar-refractivity contribution in [3.8, 4) is 0 Å². The second-order valence-corrected chi connectivity index (χ2v) is 5.82. The van der Waals surface area contributed by atoms with E-state index in [1.54, 1.807) is 0 Å². The van der Waals surface area contributed by atoms with E-state index in [-0.39, 0.29) is 12.0 Å². The summed E-state index contributed by atoms with van der Waals surface area (Å²) in [6.07, 6.45) is 3.65. The summed E-state index contributed by atoms with van der Waals surface area (Å²) in [4.78, 5) is 13.1. The Bertz CT molecular complexity index is 274. The van der Waals surface area contributed by atoms with Crippen LogP contribution in [-0.4, -0.2) is 46.7 Å². The van der Waals surface area contributed by atoms with Crippen LogP contribution < -0.4 is 5.32 Å². The van der Waals surface area contributed by atoms with E-state index in [1.165, 1.54) is 12.8 Å². The minimum absolute atomic E-state index is 0.115. The maximum absolute atomic E-state index is 10.6. The van der Waals surface area contributed by atoms with Crippen molar-refractivity contribution >= 4 is 5.97 Å². The standard InChI is InChI=1S/C12H22N2O2/c1-12(2)8-14(10-4-5-10)7-9(13-12)3-6-11(15)16/h9-10,13H,3-8H2,1-2H3,(H,15,16). The molecule has 2 fully saturated rings. The van der Waals surface area contributed by atoms with Crippen molar-refractivity contribution in [1.82, 2.24) is 10.2 Å². The Balaban J connectivity index is 1.89. The Kier molecular flexibility index (Phi) is 3.22. The number of carbonyl (C=O) groups is 1. The second kappa shape index (κ2) is 4.34. The number of carboxylic acids is 1. The summed E-state index contributed by atoms with van der Waals surface area (Å²) in [5.74, 6) is -0.692. The van der Waals surface area contributed by atoms with Crippen LogP contribution in [0.5, 0.6) is 0 Å². The molecule has 0 spiro atoms. The molecule has 0 aromatic rings. The molecular weight excluding hydrogens is 204 g/mol. The van der Waals surface area contributed by atoms with E-state index >= 15 is 0 Å². The first-order valence-corrected chi connectivity index (χ1v) is 6.20. The molecule has 2 aliphatic rings. The molecule has 0 bridgehead atoms. The van der Waals surface area contributed by atoms with Gasteiger partial charge < -0.3 is 10.4 Å². The van der Waals surface area contributed by atoms with Gasteiger partial charge in [0.25, 0.3) is 0 Å². The topological polar surface area (TPSA) is 52.6 Å². The van der Waals surface area contributed by atoms with Crippen molar-refractivity contribution in [2.75, 3.05) is 13.1 Å². The SMILES string of the molecule is CC1(C)CN(C2CC2)CC(CCC(=O)O)N1. The van der Waals surface area contributed by atoms with E-state index in [2.05, 4.69) is 24.1 Å². The predicted octanol–water partition coefficient (Wildman–Crippen LogP) is 1.07. The lowest BCUT2D eigenvalue weighted by Crippen LogP contribution is -2.62. The Morgan fingerprint density at radius 1 is 1.50 bits per heavy atom. The van der Waals surface area contributed by atoms with Crippen LogP contribution in [0.25, 0.3) is 0 Å². The summed E-state index contributed by atoms with van der Waals surface area (Å²) in [7, 11) is 0. The summed E-state index contributed by atoms with van der Waals surface area (Å²) in [5.41, 5.74) is 0.115. The van der Waals surface area contributed by atoms with Gasteiger partial charge in [-0.15, -0.1) is 0 Å². The highest BCUT2D eigenvalue weighted by Crippen LogP contribution is 2.30. The molecule has 92 valence electrons. The monoisotopic (exact) mass is 226 g/mol. The smallest absolute Gasteiger partial charge is 0.303 e. The van der Waals surface area contributed by atoms with Crippen molar-refractivity contribution in [1.29, 1.82) is 0 Å². The van der Waals surface area contributed by atoms with E-state index in [0.29, 0.717) is 6.04 Å². The fraction of sp³-hybridized carbons (Fsp3) is 0.917. The third-order valence-electron chi connectivity index (χ3n) is 3.42. The summed E-state index contributed by atoms with van der Waals surface area (Å²) >= 11 is 0. The van der Waals surface area contributed by atoms with Gasteiger partial charge in [0.1, 0.15) is 0 Å². The molecule has 1 saturated heterocycles. The van der Waals surface area contributed by atoms with Crippen LogP contribution in [0.2, 0.25) is 0 Å². The Hall–Kier alpha value is -0.610. The fourth-order valence-corrected chi connectivity index (χ4v) is 2.68. The van der Waals surface area contributed by atoms with Gasteiger partial charge in [-0.3, -0.25) is 9.69 Å². The average Bonchev–Trinajstić information content (AvgIpc) is 2.95. The first-order valence-electron chi connectivity index (χ1n) is 6.20. The molecule has 0 radical (unpaired) electrons. The Morgan fingerprint density at radius 3 is 2.75 bits per heavy atom. The molecule has 1 atom stereocenters. The van der Waals surface area contributed by atoms with Gasteiger partial charge in [-0.25, -0.2) is 0 Å². The van der Waals surface area contributed by atoms with E-state index in [9.17, 15) is 4.79 Å². The lowest BCUT2D eigenvalue weighted by molar-refractivity contribution is -0.137. The molecule has 1 aliphatic carbocycles. The van der Waals surface area contributed by atoms with Crippen molar-refractivity contribution < 1.29 is 9.90 Å². The van der Waals surface area contributed by atoms with E-state index in [4.69, 9.17) is 5.11 Å². The normalized spacial score (nSPS) is 30.2. The molecule has 16 heavy (non-hydrogen) atoms. The van der Waals surface area contributed by atoms with Gasteiger partial charge in [-0.2, -0.15) is 0 Å². The molecule has 4 nitrogen and oxygen atoms in total. The molecule has 1 heterocycles. The van der Waals surface area contributed by atoms with Crippen LogP contribution in [0.15, 0.2) is 0 Å². The van der Waals surface area contributed by atoms with E-state index < -0.39 is 5.97 Å². The maximum atomic E-state index is 10.6. The predicted molar refractivity (Wildman–Crippen MR) is 62.5 cm³/mol. The molecule has 0 amide bonds. The Morgan fingerprint density at radius 2 is 2.19 bits per heavy atom. The number of aliphatic carboxylic acids is 1. The molecule has 2 N–H and O–H groups in total. The van der Waals surface area contributed by atoms with E-state index in [1.807, 2.05) is 0 Å². The molecule has 1 saturated carbocycles. The number of nitrogens with zero attached hydrogens (tertiary/aromatic N) is 1. The highest BCUT2D eigenvalue weighted by atomic mass is 16.4. The van der Waals surface area contributed by atoms with Crippen LogP contribution in [0.1, 0.15) is 39.5 Å². The van der Waals surface area contributed by atoms with Crippen molar-refractivity contribution in [2.24, 2.45) is 0 Å². The molecule has 2 rings (SSSR count). The molecule has 4 heteroatoms. The highest BCUT2D eigenvalue weighted by Gasteiger charge is 2.38. The van der Waals surface area contributed by atoms with Gasteiger partial charge in [0.05, 0.1) is 0 Å². The minimum Gasteiger partial charge on any atom is -0.481 e. The minimum atomic E-state index is -0.692. The first kappa shape index (κ1) is 11.9. The van der Waals surface area contributed by atoms with Crippen LogP contribution >= 0.6 is 0 Å². The van der Waals surface area contributed by atoms with Crippen LogP contribution in [0, 0.1) is 0 Å². The molecule has 0 aromatic heterocycles. The zero-order chi connectivity index (χ0) is 11.8. The summed E-state index contributed by atoms with van der Waals surface area (Å²) in [6.45, 7) is 6.51. The van der Waals surface area contributed by atoms with Gasteiger partial charge in [0.2, 0.25) is 0 Å². The van der Waals surface area contributed by atoms with Crippen LogP contribution in [0.3, 0.4) is 0 Å². The summed E-state index contributed by atoms with van der Waals surface area (Å²) < 4.78 is 0. The van der Waals surface area contributed by atoms with Crippen LogP contribution in [-0.2, 0) is 4.79 Å². The second-order valence-electron chi connectivity index (χ2n) is 5.82. The lowest BCUT2D eigenvalue weighted by Gasteiger charge is -2.44. The number of carboxylic acid groups (broad SMARTS) is 1. The zero-order valence-corrected chi connectivity index (χ0v) is 10.2. The first-order chi connectivity index (χ1) is 7.46. The van der Waals surface area contributed by atoms with Gasteiger partial charge in [0, 0.05) is 37.1 Å². The quantitative estimate of drug-likeness (QED) is 0.753. The molecular formula is C12H22N2O2. The van der Waals surface area contributed by atoms with Gasteiger partial charge in [-0.05, 0) is 33.1 Å². The number of hydrogen-bond donors (Lipinski definition) is 2. The van der Waals surface area contributed by atoms with Crippen LogP contribution in [0.4, 0.5) is 0 Å². The van der Waals surface area contributed by atoms with Crippen molar-refractivity contribution in [3.05, 3.63) is 0 Å². The average molecular weight is 226 g/mol.